The fourth-order valence-corrected chi connectivity index (χ4v) is 13.9. The number of aryl methyl sites for hydroxylation is 12. The van der Waals surface area contributed by atoms with Crippen LogP contribution in [0.15, 0.2) is 37.2 Å². The van der Waals surface area contributed by atoms with Crippen molar-refractivity contribution >= 4 is 0 Å². The van der Waals surface area contributed by atoms with Gasteiger partial charge in [-0.2, -0.15) is 0 Å². The van der Waals surface area contributed by atoms with Crippen LogP contribution in [0.1, 0.15) is 444 Å². The Kier molecular flexibility index (Phi) is 67.2. The van der Waals surface area contributed by atoms with E-state index in [9.17, 15) is 0 Å². The van der Waals surface area contributed by atoms with Crippen LogP contribution >= 0.6 is 0 Å². The van der Waals surface area contributed by atoms with Crippen molar-refractivity contribution in [2.75, 3.05) is 0 Å². The molecule has 0 bridgehead atoms. The highest BCUT2D eigenvalue weighted by Gasteiger charge is 2.11. The van der Waals surface area contributed by atoms with Gasteiger partial charge in [-0.15, -0.1) is 30.6 Å². The first kappa shape index (κ1) is 109. The standard InChI is InChI=1S/2C17H33N3.4C16H31N3/c2*1-15(2)10-6-5-7-12-17-14-18-19-20(17)13-9-8-11-16(3)4;2*1-14(2)9-6-5-7-12-19-13-16(17-18-19)11-8-10-15(3)4;2*1-14(2)9-7-5-6-8-12-19-13-16(17-18-19)11-10-15(3)4/h2*14-16H,5-13H2,1-4H3;4*13-15H,5-12H2,1-4H3. The Morgan fingerprint density at radius 3 is 0.638 bits per heavy atom. The Hall–Kier alpha value is -5.16. The Morgan fingerprint density at radius 2 is 0.388 bits per heavy atom. The van der Waals surface area contributed by atoms with Gasteiger partial charge in [0.05, 0.1) is 46.6 Å². The summed E-state index contributed by atoms with van der Waals surface area (Å²) in [5.41, 5.74) is 7.24. The maximum atomic E-state index is 4.25. The first-order valence-corrected chi connectivity index (χ1v) is 48.8. The predicted octanol–water partition coefficient (Wildman–Crippen LogP) is 27.6. The second-order valence-electron chi connectivity index (χ2n) is 39.7. The van der Waals surface area contributed by atoms with Crippen LogP contribution in [-0.4, -0.2) is 90.0 Å². The van der Waals surface area contributed by atoms with Crippen LogP contribution in [0.3, 0.4) is 0 Å². The molecule has 6 aromatic heterocycles. The summed E-state index contributed by atoms with van der Waals surface area (Å²) in [6.45, 7) is 61.0. The molecular weight excluding hydrogens is 1430 g/mol. The molecule has 0 fully saturated rings. The molecule has 0 atom stereocenters. The second-order valence-corrected chi connectivity index (χ2v) is 39.7. The van der Waals surface area contributed by atoms with E-state index in [-0.39, 0.29) is 0 Å². The molecule has 6 heterocycles. The molecule has 0 radical (unpaired) electrons. The number of hydrogen-bond donors (Lipinski definition) is 0. The third-order valence-corrected chi connectivity index (χ3v) is 21.5. The average molecular weight is 1620 g/mol. The number of unbranched alkanes of at least 4 members (excludes halogenated alkanes) is 16. The number of nitrogens with zero attached hydrogens (tertiary/aromatic N) is 18. The SMILES string of the molecule is CC(C)CCCCCCn1cc(CCC(C)C)nn1.CC(C)CCCCCCn1cc(CCC(C)C)nn1.CC(C)CCCCCc1cnnn1CCCCC(C)C.CC(C)CCCCCc1cnnn1CCCCC(C)C.CC(C)CCCCCn1cc(CCCC(C)C)nn1.CC(C)CCCCCn1cc(CCCC(C)C)nn1. The minimum Gasteiger partial charge on any atom is -0.252 e. The Morgan fingerprint density at radius 1 is 0.190 bits per heavy atom. The highest BCUT2D eigenvalue weighted by Crippen LogP contribution is 2.20. The smallest absolute Gasteiger partial charge is 0.0827 e. The molecule has 0 aliphatic heterocycles. The Balaban J connectivity index is 0.000000696. The second kappa shape index (κ2) is 71.6. The number of hydrogen-bond acceptors (Lipinski definition) is 12. The van der Waals surface area contributed by atoms with E-state index in [0.717, 1.165) is 172 Å². The summed E-state index contributed by atoms with van der Waals surface area (Å²) in [6.07, 6.45) is 68.3. The Bertz CT molecular complexity index is 2830. The lowest BCUT2D eigenvalue weighted by Gasteiger charge is -2.08. The highest BCUT2D eigenvalue weighted by atomic mass is 15.4. The minimum absolute atomic E-state index is 0.742. The van der Waals surface area contributed by atoms with E-state index in [2.05, 4.69) is 262 Å². The molecule has 116 heavy (non-hydrogen) atoms. The van der Waals surface area contributed by atoms with Gasteiger partial charge in [0.1, 0.15) is 0 Å². The molecule has 0 saturated carbocycles. The van der Waals surface area contributed by atoms with Crippen molar-refractivity contribution in [1.82, 2.24) is 90.0 Å². The summed E-state index contributed by atoms with van der Waals surface area (Å²) in [4.78, 5) is 0. The molecule has 0 aromatic carbocycles. The summed E-state index contributed by atoms with van der Waals surface area (Å²) >= 11 is 0. The monoisotopic (exact) mass is 1620 g/mol. The number of rotatable bonds is 62. The molecule has 0 aliphatic carbocycles. The summed E-state index contributed by atoms with van der Waals surface area (Å²) < 4.78 is 12.3. The maximum Gasteiger partial charge on any atom is 0.0827 e. The quantitative estimate of drug-likeness (QED) is 0.0330. The van der Waals surface area contributed by atoms with E-state index >= 15 is 0 Å². The van der Waals surface area contributed by atoms with Crippen LogP contribution in [0.5, 0.6) is 0 Å². The lowest BCUT2D eigenvalue weighted by Crippen LogP contribution is -2.06. The van der Waals surface area contributed by atoms with Gasteiger partial charge in [-0.05, 0) is 187 Å². The van der Waals surface area contributed by atoms with E-state index in [1.807, 2.05) is 31.1 Å². The van der Waals surface area contributed by atoms with E-state index in [4.69, 9.17) is 0 Å². The van der Waals surface area contributed by atoms with Crippen molar-refractivity contribution in [3.63, 3.8) is 0 Å². The molecule has 6 rings (SSSR count). The summed E-state index contributed by atoms with van der Waals surface area (Å²) in [5.74, 6) is 9.71. The van der Waals surface area contributed by atoms with Crippen molar-refractivity contribution in [2.24, 2.45) is 71.0 Å². The summed E-state index contributed by atoms with van der Waals surface area (Å²) in [7, 11) is 0. The average Bonchev–Trinajstić information content (AvgIpc) is 1.78. The van der Waals surface area contributed by atoms with Gasteiger partial charge in [0.25, 0.3) is 0 Å². The van der Waals surface area contributed by atoms with Gasteiger partial charge in [-0.1, -0.05) is 364 Å². The van der Waals surface area contributed by atoms with Gasteiger partial charge >= 0.3 is 0 Å². The van der Waals surface area contributed by atoms with E-state index in [0.29, 0.717) is 0 Å². The summed E-state index contributed by atoms with van der Waals surface area (Å²) in [5, 5.41) is 50.4. The fraction of sp³-hybridized carbons (Fsp3) is 0.878. The van der Waals surface area contributed by atoms with E-state index in [1.54, 1.807) is 0 Å². The fourth-order valence-electron chi connectivity index (χ4n) is 13.9. The summed E-state index contributed by atoms with van der Waals surface area (Å²) in [6, 6.07) is 0. The molecule has 0 amide bonds. The van der Waals surface area contributed by atoms with Crippen molar-refractivity contribution in [2.45, 2.75) is 488 Å². The zero-order valence-electron chi connectivity index (χ0n) is 80.8. The molecular formula is C98H190N18. The van der Waals surface area contributed by atoms with E-state index < -0.39 is 0 Å². The predicted molar refractivity (Wildman–Crippen MR) is 496 cm³/mol. The van der Waals surface area contributed by atoms with Crippen molar-refractivity contribution in [3.05, 3.63) is 71.3 Å². The molecule has 18 nitrogen and oxygen atoms in total. The maximum absolute atomic E-state index is 4.25. The van der Waals surface area contributed by atoms with Crippen LogP contribution in [0, 0.1) is 71.0 Å². The lowest BCUT2D eigenvalue weighted by molar-refractivity contribution is 0.472. The van der Waals surface area contributed by atoms with Crippen LogP contribution in [0.2, 0.25) is 0 Å². The van der Waals surface area contributed by atoms with Crippen molar-refractivity contribution in [1.29, 1.82) is 0 Å². The molecule has 0 spiro atoms. The first-order valence-electron chi connectivity index (χ1n) is 48.8. The third-order valence-electron chi connectivity index (χ3n) is 21.5. The van der Waals surface area contributed by atoms with Gasteiger partial charge in [-0.3, -0.25) is 18.7 Å². The van der Waals surface area contributed by atoms with E-state index in [1.165, 1.54) is 255 Å². The van der Waals surface area contributed by atoms with Crippen LogP contribution in [-0.2, 0) is 77.8 Å². The molecule has 0 saturated heterocycles. The van der Waals surface area contributed by atoms with Gasteiger partial charge in [0.2, 0.25) is 0 Å². The molecule has 0 aliphatic rings. The van der Waals surface area contributed by atoms with Gasteiger partial charge in [0, 0.05) is 64.1 Å². The number of aromatic nitrogens is 18. The van der Waals surface area contributed by atoms with Crippen molar-refractivity contribution < 1.29 is 0 Å². The first-order chi connectivity index (χ1) is 55.5. The minimum atomic E-state index is 0.742. The van der Waals surface area contributed by atoms with Crippen LogP contribution < -0.4 is 0 Å². The third kappa shape index (κ3) is 67.6. The van der Waals surface area contributed by atoms with Crippen molar-refractivity contribution in [3.8, 4) is 0 Å². The highest BCUT2D eigenvalue weighted by molar-refractivity contribution is 4.97. The largest absolute Gasteiger partial charge is 0.252 e. The van der Waals surface area contributed by atoms with Gasteiger partial charge in [0.15, 0.2) is 0 Å². The Labute approximate surface area is 716 Å². The molecule has 0 unspecified atom stereocenters. The topological polar surface area (TPSA) is 184 Å². The van der Waals surface area contributed by atoms with Gasteiger partial charge < -0.3 is 0 Å². The zero-order chi connectivity index (χ0) is 85.9. The lowest BCUT2D eigenvalue weighted by atomic mass is 10.0. The van der Waals surface area contributed by atoms with Crippen LogP contribution in [0.4, 0.5) is 0 Å². The molecule has 672 valence electrons. The van der Waals surface area contributed by atoms with Gasteiger partial charge in [-0.25, -0.2) is 9.36 Å². The van der Waals surface area contributed by atoms with Crippen LogP contribution in [0.25, 0.3) is 0 Å². The molecule has 18 heteroatoms. The zero-order valence-corrected chi connectivity index (χ0v) is 80.8. The normalized spacial score (nSPS) is 11.7. The molecule has 0 N–H and O–H groups in total. The molecule has 6 aromatic rings.